The quantitative estimate of drug-likeness (QED) is 0.612. The van der Waals surface area contributed by atoms with Crippen LogP contribution in [0.15, 0.2) is 16.7 Å². The molecule has 0 radical (unpaired) electrons. The van der Waals surface area contributed by atoms with Crippen molar-refractivity contribution in [3.8, 4) is 0 Å². The Morgan fingerprint density at radius 1 is 1.72 bits per heavy atom. The Kier molecular flexibility index (Phi) is 5.36. The molecule has 18 heavy (non-hydrogen) atoms. The van der Waals surface area contributed by atoms with Crippen LogP contribution in [0.25, 0.3) is 0 Å². The first-order chi connectivity index (χ1) is 8.35. The molecular formula is C10H14BrN3O3S. The number of nitrogens with one attached hydrogen (secondary N) is 1. The van der Waals surface area contributed by atoms with Crippen LogP contribution in [0.5, 0.6) is 0 Å². The van der Waals surface area contributed by atoms with Crippen molar-refractivity contribution in [1.82, 2.24) is 4.98 Å². The summed E-state index contributed by atoms with van der Waals surface area (Å²) >= 11 is 4.75. The second kappa shape index (κ2) is 6.35. The van der Waals surface area contributed by atoms with E-state index in [1.165, 1.54) is 12.3 Å². The van der Waals surface area contributed by atoms with Gasteiger partial charge in [0.05, 0.1) is 15.0 Å². The topological polar surface area (TPSA) is 88.3 Å². The van der Waals surface area contributed by atoms with Gasteiger partial charge < -0.3 is 10.4 Å². The molecule has 0 bridgehead atoms. The Labute approximate surface area is 117 Å². The summed E-state index contributed by atoms with van der Waals surface area (Å²) in [7, 11) is 0. The van der Waals surface area contributed by atoms with Crippen molar-refractivity contribution < 1.29 is 10.0 Å². The molecule has 0 aliphatic rings. The van der Waals surface area contributed by atoms with Crippen LogP contribution in [-0.2, 0) is 0 Å². The summed E-state index contributed by atoms with van der Waals surface area (Å²) in [5.41, 5.74) is -0.939. The van der Waals surface area contributed by atoms with Crippen LogP contribution in [-0.4, -0.2) is 39.2 Å². The van der Waals surface area contributed by atoms with Crippen LogP contribution in [0.2, 0.25) is 0 Å². The predicted octanol–water partition coefficient (Wildman–Crippen LogP) is 2.28. The van der Waals surface area contributed by atoms with Crippen molar-refractivity contribution in [2.75, 3.05) is 23.9 Å². The Bertz CT molecular complexity index is 442. The first kappa shape index (κ1) is 15.2. The number of pyridine rings is 1. The van der Waals surface area contributed by atoms with Crippen molar-refractivity contribution in [1.29, 1.82) is 0 Å². The Hall–Kier alpha value is -0.860. The lowest BCUT2D eigenvalue weighted by molar-refractivity contribution is -0.385. The smallest absolute Gasteiger partial charge is 0.288 e. The van der Waals surface area contributed by atoms with Gasteiger partial charge in [-0.1, -0.05) is 0 Å². The average molecular weight is 336 g/mol. The van der Waals surface area contributed by atoms with Gasteiger partial charge in [-0.05, 0) is 29.1 Å². The third-order valence-electron chi connectivity index (χ3n) is 2.13. The molecule has 8 heteroatoms. The molecule has 2 N–H and O–H groups in total. The zero-order valence-corrected chi connectivity index (χ0v) is 12.4. The zero-order valence-electron chi connectivity index (χ0n) is 10.0. The summed E-state index contributed by atoms with van der Waals surface area (Å²) < 4.78 is 0.497. The van der Waals surface area contributed by atoms with E-state index in [1.807, 2.05) is 6.26 Å². The van der Waals surface area contributed by atoms with E-state index >= 15 is 0 Å². The molecular weight excluding hydrogens is 322 g/mol. The number of aliphatic hydroxyl groups is 1. The SMILES string of the molecule is CSCC(C)(O)CNc1ncc([N+](=O)[O-])cc1Br. The number of thioether (sulfide) groups is 1. The fourth-order valence-electron chi connectivity index (χ4n) is 1.29. The van der Waals surface area contributed by atoms with Gasteiger partial charge >= 0.3 is 0 Å². The zero-order chi connectivity index (χ0) is 13.8. The predicted molar refractivity (Wildman–Crippen MR) is 76.1 cm³/mol. The van der Waals surface area contributed by atoms with Crippen LogP contribution >= 0.6 is 27.7 Å². The van der Waals surface area contributed by atoms with Gasteiger partial charge in [0.1, 0.15) is 12.0 Å². The second-order valence-electron chi connectivity index (χ2n) is 4.06. The highest BCUT2D eigenvalue weighted by molar-refractivity contribution is 9.10. The number of anilines is 1. The number of hydrogen-bond acceptors (Lipinski definition) is 6. The van der Waals surface area contributed by atoms with E-state index in [0.717, 1.165) is 0 Å². The maximum absolute atomic E-state index is 10.5. The van der Waals surface area contributed by atoms with E-state index in [0.29, 0.717) is 22.6 Å². The summed E-state index contributed by atoms with van der Waals surface area (Å²) in [6, 6.07) is 1.37. The van der Waals surface area contributed by atoms with Crippen molar-refractivity contribution in [3.05, 3.63) is 26.9 Å². The highest BCUT2D eigenvalue weighted by atomic mass is 79.9. The highest BCUT2D eigenvalue weighted by Gasteiger charge is 2.20. The van der Waals surface area contributed by atoms with Gasteiger partial charge in [-0.25, -0.2) is 4.98 Å². The molecule has 1 aromatic heterocycles. The number of nitrogens with zero attached hydrogens (tertiary/aromatic N) is 2. The third kappa shape index (κ3) is 4.43. The van der Waals surface area contributed by atoms with E-state index in [9.17, 15) is 15.2 Å². The monoisotopic (exact) mass is 335 g/mol. The summed E-state index contributed by atoms with van der Waals surface area (Å²) in [6.07, 6.45) is 3.09. The van der Waals surface area contributed by atoms with Crippen molar-refractivity contribution >= 4 is 39.2 Å². The first-order valence-electron chi connectivity index (χ1n) is 5.11. The number of aromatic nitrogens is 1. The molecule has 1 aromatic rings. The maximum Gasteiger partial charge on any atom is 0.288 e. The van der Waals surface area contributed by atoms with Gasteiger partial charge in [-0.15, -0.1) is 0 Å². The standard InChI is InChI=1S/C10H14BrN3O3S/c1-10(15,6-18-2)5-13-9-8(11)3-7(4-12-9)14(16)17/h3-4,15H,5-6H2,1-2H3,(H,12,13). The Balaban J connectivity index is 2.71. The molecule has 1 heterocycles. The fraction of sp³-hybridized carbons (Fsp3) is 0.500. The Morgan fingerprint density at radius 2 is 2.39 bits per heavy atom. The normalized spacial score (nSPS) is 14.0. The third-order valence-corrected chi connectivity index (χ3v) is 3.64. The molecule has 0 aliphatic carbocycles. The van der Waals surface area contributed by atoms with E-state index < -0.39 is 10.5 Å². The van der Waals surface area contributed by atoms with E-state index in [1.54, 1.807) is 18.7 Å². The molecule has 0 aromatic carbocycles. The van der Waals surface area contributed by atoms with E-state index in [2.05, 4.69) is 26.2 Å². The van der Waals surface area contributed by atoms with Gasteiger partial charge in [0.2, 0.25) is 0 Å². The lowest BCUT2D eigenvalue weighted by atomic mass is 10.1. The first-order valence-corrected chi connectivity index (χ1v) is 7.29. The molecule has 1 unspecified atom stereocenters. The van der Waals surface area contributed by atoms with Crippen LogP contribution in [0.3, 0.4) is 0 Å². The summed E-state index contributed by atoms with van der Waals surface area (Å²) in [5.74, 6) is 1.06. The van der Waals surface area contributed by atoms with Crippen LogP contribution in [0.4, 0.5) is 11.5 Å². The van der Waals surface area contributed by atoms with Crippen molar-refractivity contribution in [2.24, 2.45) is 0 Å². The number of rotatable bonds is 6. The van der Waals surface area contributed by atoms with Crippen molar-refractivity contribution in [2.45, 2.75) is 12.5 Å². The summed E-state index contributed by atoms with van der Waals surface area (Å²) in [6.45, 7) is 2.03. The molecule has 0 aliphatic heterocycles. The van der Waals surface area contributed by atoms with Crippen molar-refractivity contribution in [3.63, 3.8) is 0 Å². The number of nitro groups is 1. The Morgan fingerprint density at radius 3 is 2.89 bits per heavy atom. The molecule has 0 amide bonds. The summed E-state index contributed by atoms with van der Waals surface area (Å²) in [5, 5.41) is 23.5. The molecule has 1 atom stereocenters. The molecule has 6 nitrogen and oxygen atoms in total. The number of halogens is 1. The fourth-order valence-corrected chi connectivity index (χ4v) is 2.49. The lowest BCUT2D eigenvalue weighted by Crippen LogP contribution is -2.36. The van der Waals surface area contributed by atoms with Crippen LogP contribution < -0.4 is 5.32 Å². The van der Waals surface area contributed by atoms with Gasteiger partial charge in [-0.2, -0.15) is 11.8 Å². The molecule has 0 fully saturated rings. The molecule has 100 valence electrons. The van der Waals surface area contributed by atoms with E-state index in [4.69, 9.17) is 0 Å². The molecule has 0 saturated heterocycles. The highest BCUT2D eigenvalue weighted by Crippen LogP contribution is 2.25. The molecule has 0 saturated carbocycles. The second-order valence-corrected chi connectivity index (χ2v) is 5.78. The lowest BCUT2D eigenvalue weighted by Gasteiger charge is -2.23. The minimum absolute atomic E-state index is 0.0803. The van der Waals surface area contributed by atoms with Gasteiger partial charge in [0.25, 0.3) is 5.69 Å². The molecule has 0 spiro atoms. The maximum atomic E-state index is 10.5. The number of hydrogen-bond donors (Lipinski definition) is 2. The minimum Gasteiger partial charge on any atom is -0.387 e. The van der Waals surface area contributed by atoms with Gasteiger partial charge in [-0.3, -0.25) is 10.1 Å². The van der Waals surface area contributed by atoms with Gasteiger partial charge in [0.15, 0.2) is 0 Å². The largest absolute Gasteiger partial charge is 0.387 e. The molecule has 1 rings (SSSR count). The average Bonchev–Trinajstić information content (AvgIpc) is 2.27. The van der Waals surface area contributed by atoms with E-state index in [-0.39, 0.29) is 5.69 Å². The minimum atomic E-state index is -0.859. The van der Waals surface area contributed by atoms with Crippen LogP contribution in [0, 0.1) is 10.1 Å². The van der Waals surface area contributed by atoms with Gasteiger partial charge in [0, 0.05) is 18.4 Å². The van der Waals surface area contributed by atoms with Crippen LogP contribution in [0.1, 0.15) is 6.92 Å². The summed E-state index contributed by atoms with van der Waals surface area (Å²) in [4.78, 5) is 14.0.